The molecule has 1 rings (SSSR count). The molecule has 1 saturated carbocycles. The van der Waals surface area contributed by atoms with Gasteiger partial charge in [-0.3, -0.25) is 4.79 Å². The Morgan fingerprint density at radius 3 is 2.47 bits per heavy atom. The van der Waals surface area contributed by atoms with Crippen LogP contribution in [0, 0.1) is 11.8 Å². The Bertz CT molecular complexity index is 321. The zero-order chi connectivity index (χ0) is 13.0. The molecule has 0 aromatic heterocycles. The number of hydrogen-bond donors (Lipinski definition) is 2. The second kappa shape index (κ2) is 5.84. The van der Waals surface area contributed by atoms with E-state index in [4.69, 9.17) is 5.11 Å². The number of aliphatic carboxylic acids is 1. The van der Waals surface area contributed by atoms with Crippen LogP contribution < -0.4 is 5.32 Å². The van der Waals surface area contributed by atoms with Crippen molar-refractivity contribution in [3.05, 3.63) is 12.2 Å². The maximum atomic E-state index is 11.8. The molecule has 0 saturated heterocycles. The van der Waals surface area contributed by atoms with E-state index in [0.29, 0.717) is 18.8 Å². The fourth-order valence-corrected chi connectivity index (χ4v) is 1.84. The molecule has 2 unspecified atom stereocenters. The van der Waals surface area contributed by atoms with E-state index in [1.54, 1.807) is 6.92 Å². The van der Waals surface area contributed by atoms with Gasteiger partial charge in [0.15, 0.2) is 0 Å². The van der Waals surface area contributed by atoms with Crippen LogP contribution in [0.2, 0.25) is 0 Å². The standard InChI is InChI=1S/C13H21NO3/c1-8(2)6-9(3)12(15)14-11(13(16)17)7-10-4-5-10/h9-11H,1,4-7H2,2-3H3,(H,14,15)(H,16,17). The fourth-order valence-electron chi connectivity index (χ4n) is 1.84. The summed E-state index contributed by atoms with van der Waals surface area (Å²) in [4.78, 5) is 22.8. The number of carboxylic acids is 1. The molecule has 2 N–H and O–H groups in total. The fraction of sp³-hybridized carbons (Fsp3) is 0.692. The van der Waals surface area contributed by atoms with Crippen LogP contribution in [0.4, 0.5) is 0 Å². The van der Waals surface area contributed by atoms with Crippen LogP contribution >= 0.6 is 0 Å². The number of carbonyl (C=O) groups excluding carboxylic acids is 1. The summed E-state index contributed by atoms with van der Waals surface area (Å²) in [6.07, 6.45) is 3.32. The van der Waals surface area contributed by atoms with E-state index < -0.39 is 12.0 Å². The van der Waals surface area contributed by atoms with E-state index in [1.807, 2.05) is 6.92 Å². The molecule has 1 aliphatic rings. The van der Waals surface area contributed by atoms with Crippen molar-refractivity contribution >= 4 is 11.9 Å². The van der Waals surface area contributed by atoms with Crippen molar-refractivity contribution in [3.8, 4) is 0 Å². The van der Waals surface area contributed by atoms with Gasteiger partial charge in [-0.25, -0.2) is 4.79 Å². The van der Waals surface area contributed by atoms with Gasteiger partial charge in [0, 0.05) is 5.92 Å². The minimum Gasteiger partial charge on any atom is -0.480 e. The third-order valence-corrected chi connectivity index (χ3v) is 2.98. The highest BCUT2D eigenvalue weighted by Gasteiger charge is 2.30. The largest absolute Gasteiger partial charge is 0.480 e. The highest BCUT2D eigenvalue weighted by atomic mass is 16.4. The summed E-state index contributed by atoms with van der Waals surface area (Å²) >= 11 is 0. The summed E-state index contributed by atoms with van der Waals surface area (Å²) in [5.41, 5.74) is 0.932. The summed E-state index contributed by atoms with van der Waals surface area (Å²) in [5, 5.41) is 11.6. The molecule has 0 aromatic rings. The highest BCUT2D eigenvalue weighted by Crippen LogP contribution is 2.33. The van der Waals surface area contributed by atoms with Crippen LogP contribution in [0.25, 0.3) is 0 Å². The Labute approximate surface area is 102 Å². The van der Waals surface area contributed by atoms with Crippen molar-refractivity contribution in [2.24, 2.45) is 11.8 Å². The van der Waals surface area contributed by atoms with Crippen molar-refractivity contribution in [3.63, 3.8) is 0 Å². The molecule has 0 heterocycles. The van der Waals surface area contributed by atoms with E-state index in [0.717, 1.165) is 18.4 Å². The zero-order valence-electron chi connectivity index (χ0n) is 10.5. The quantitative estimate of drug-likeness (QED) is 0.667. The minimum atomic E-state index is -0.937. The lowest BCUT2D eigenvalue weighted by molar-refractivity contribution is -0.142. The van der Waals surface area contributed by atoms with Crippen LogP contribution in [0.5, 0.6) is 0 Å². The number of rotatable bonds is 7. The molecule has 96 valence electrons. The number of allylic oxidation sites excluding steroid dienone is 1. The Morgan fingerprint density at radius 2 is 2.06 bits per heavy atom. The van der Waals surface area contributed by atoms with E-state index in [1.165, 1.54) is 0 Å². The van der Waals surface area contributed by atoms with Crippen LogP contribution in [-0.2, 0) is 9.59 Å². The second-order valence-corrected chi connectivity index (χ2v) is 5.14. The molecule has 4 nitrogen and oxygen atoms in total. The molecule has 0 radical (unpaired) electrons. The van der Waals surface area contributed by atoms with Crippen LogP contribution in [0.3, 0.4) is 0 Å². The summed E-state index contributed by atoms with van der Waals surface area (Å²) in [7, 11) is 0. The van der Waals surface area contributed by atoms with E-state index in [-0.39, 0.29) is 11.8 Å². The molecule has 0 aromatic carbocycles. The average Bonchev–Trinajstić information content (AvgIpc) is 2.99. The molecule has 0 spiro atoms. The Kier molecular flexibility index (Phi) is 4.73. The van der Waals surface area contributed by atoms with Crippen molar-refractivity contribution < 1.29 is 14.7 Å². The van der Waals surface area contributed by atoms with Gasteiger partial charge in [0.25, 0.3) is 0 Å². The number of amides is 1. The molecule has 0 bridgehead atoms. The van der Waals surface area contributed by atoms with Gasteiger partial charge < -0.3 is 10.4 Å². The zero-order valence-corrected chi connectivity index (χ0v) is 10.5. The van der Waals surface area contributed by atoms with E-state index in [2.05, 4.69) is 11.9 Å². The van der Waals surface area contributed by atoms with Crippen molar-refractivity contribution in [1.29, 1.82) is 0 Å². The SMILES string of the molecule is C=C(C)CC(C)C(=O)NC(CC1CC1)C(=O)O. The Balaban J connectivity index is 2.44. The normalized spacial score (nSPS) is 18.2. The molecule has 0 aliphatic heterocycles. The van der Waals surface area contributed by atoms with Crippen LogP contribution in [-0.4, -0.2) is 23.0 Å². The number of hydrogen-bond acceptors (Lipinski definition) is 2. The first-order valence-electron chi connectivity index (χ1n) is 6.07. The van der Waals surface area contributed by atoms with Crippen molar-refractivity contribution in [1.82, 2.24) is 5.32 Å². The lowest BCUT2D eigenvalue weighted by Gasteiger charge is -2.17. The number of nitrogens with one attached hydrogen (secondary N) is 1. The molecule has 17 heavy (non-hydrogen) atoms. The first kappa shape index (κ1) is 13.7. The van der Waals surface area contributed by atoms with Gasteiger partial charge in [0.05, 0.1) is 0 Å². The minimum absolute atomic E-state index is 0.193. The molecule has 1 amide bonds. The smallest absolute Gasteiger partial charge is 0.326 e. The predicted octanol–water partition coefficient (Wildman–Crippen LogP) is 1.96. The lowest BCUT2D eigenvalue weighted by atomic mass is 10.0. The monoisotopic (exact) mass is 239 g/mol. The van der Waals surface area contributed by atoms with Gasteiger partial charge in [-0.15, -0.1) is 6.58 Å². The van der Waals surface area contributed by atoms with Gasteiger partial charge in [-0.1, -0.05) is 25.3 Å². The second-order valence-electron chi connectivity index (χ2n) is 5.14. The Hall–Kier alpha value is -1.32. The van der Waals surface area contributed by atoms with Crippen LogP contribution in [0.15, 0.2) is 12.2 Å². The van der Waals surface area contributed by atoms with E-state index >= 15 is 0 Å². The predicted molar refractivity (Wildman–Crippen MR) is 65.5 cm³/mol. The maximum absolute atomic E-state index is 11.8. The molecular formula is C13H21NO3. The third-order valence-electron chi connectivity index (χ3n) is 2.98. The molecule has 2 atom stereocenters. The summed E-state index contributed by atoms with van der Waals surface area (Å²) in [6, 6.07) is -0.734. The third kappa shape index (κ3) is 5.02. The van der Waals surface area contributed by atoms with Crippen LogP contribution in [0.1, 0.15) is 39.5 Å². The highest BCUT2D eigenvalue weighted by molar-refractivity contribution is 5.84. The van der Waals surface area contributed by atoms with Gasteiger partial charge in [-0.05, 0) is 25.7 Å². The molecule has 1 aliphatic carbocycles. The van der Waals surface area contributed by atoms with Crippen molar-refractivity contribution in [2.75, 3.05) is 0 Å². The van der Waals surface area contributed by atoms with Gasteiger partial charge >= 0.3 is 5.97 Å². The summed E-state index contributed by atoms with van der Waals surface area (Å²) in [5.74, 6) is -0.866. The first-order chi connectivity index (χ1) is 7.90. The lowest BCUT2D eigenvalue weighted by Crippen LogP contribution is -2.43. The van der Waals surface area contributed by atoms with Gasteiger partial charge in [0.2, 0.25) is 5.91 Å². The van der Waals surface area contributed by atoms with Gasteiger partial charge in [-0.2, -0.15) is 0 Å². The topological polar surface area (TPSA) is 66.4 Å². The first-order valence-corrected chi connectivity index (χ1v) is 6.07. The number of carbonyl (C=O) groups is 2. The maximum Gasteiger partial charge on any atom is 0.326 e. The number of carboxylic acid groups (broad SMARTS) is 1. The average molecular weight is 239 g/mol. The van der Waals surface area contributed by atoms with Gasteiger partial charge in [0.1, 0.15) is 6.04 Å². The van der Waals surface area contributed by atoms with E-state index in [9.17, 15) is 9.59 Å². The molecular weight excluding hydrogens is 218 g/mol. The summed E-state index contributed by atoms with van der Waals surface area (Å²) < 4.78 is 0. The van der Waals surface area contributed by atoms with Crippen molar-refractivity contribution in [2.45, 2.75) is 45.6 Å². The summed E-state index contributed by atoms with van der Waals surface area (Å²) in [6.45, 7) is 7.41. The molecule has 4 heteroatoms. The molecule has 1 fully saturated rings. The Morgan fingerprint density at radius 1 is 1.47 bits per heavy atom.